The van der Waals surface area contributed by atoms with E-state index >= 15 is 0 Å². The minimum absolute atomic E-state index is 0.922. The number of nitrogen functional groups attached to an aromatic ring is 1. The summed E-state index contributed by atoms with van der Waals surface area (Å²) in [5, 5.41) is 1.06. The third-order valence-corrected chi connectivity index (χ3v) is 2.94. The summed E-state index contributed by atoms with van der Waals surface area (Å²) in [6, 6.07) is 8.00. The average Bonchev–Trinajstić information content (AvgIpc) is 2.18. The summed E-state index contributed by atoms with van der Waals surface area (Å²) in [4.78, 5) is 4.48. The molecule has 0 bridgehead atoms. The van der Waals surface area contributed by atoms with E-state index in [1.807, 2.05) is 31.2 Å². The Bertz CT molecular complexity index is 482. The van der Waals surface area contributed by atoms with Crippen LogP contribution in [0.5, 0.6) is 0 Å². The van der Waals surface area contributed by atoms with E-state index in [0.717, 1.165) is 25.9 Å². The molecule has 0 fully saturated rings. The topological polar surface area (TPSA) is 50.9 Å². The Morgan fingerprint density at radius 2 is 2.21 bits per heavy atom. The molecule has 0 aliphatic carbocycles. The third-order valence-electron chi connectivity index (χ3n) is 2.07. The quantitative estimate of drug-likeness (QED) is 0.483. The molecule has 0 saturated heterocycles. The number of hydrazine groups is 1. The second-order valence-electron chi connectivity index (χ2n) is 3.09. The smallest absolute Gasteiger partial charge is 0.0859 e. The van der Waals surface area contributed by atoms with Crippen LogP contribution in [0.3, 0.4) is 0 Å². The normalized spacial score (nSPS) is 10.5. The number of aryl methyl sites for hydroxylation is 1. The molecule has 0 radical (unpaired) electrons. The van der Waals surface area contributed by atoms with Gasteiger partial charge >= 0.3 is 0 Å². The zero-order chi connectivity index (χ0) is 10.1. The number of nitrogens with two attached hydrogens (primary N) is 1. The number of benzene rings is 1. The molecular weight excluding hydrogens is 289 g/mol. The molecule has 0 aliphatic heterocycles. The number of aromatic nitrogens is 1. The van der Waals surface area contributed by atoms with Gasteiger partial charge < -0.3 is 5.43 Å². The van der Waals surface area contributed by atoms with Crippen LogP contribution in [0.15, 0.2) is 24.3 Å². The molecule has 14 heavy (non-hydrogen) atoms. The fourth-order valence-corrected chi connectivity index (χ4v) is 2.08. The van der Waals surface area contributed by atoms with Crippen LogP contribution in [0.25, 0.3) is 10.9 Å². The average molecular weight is 299 g/mol. The molecule has 0 unspecified atom stereocenters. The van der Waals surface area contributed by atoms with Gasteiger partial charge in [-0.25, -0.2) is 0 Å². The highest BCUT2D eigenvalue weighted by atomic mass is 127. The van der Waals surface area contributed by atoms with Crippen LogP contribution in [-0.2, 0) is 0 Å². The summed E-state index contributed by atoms with van der Waals surface area (Å²) >= 11 is 2.28. The number of pyridine rings is 1. The van der Waals surface area contributed by atoms with Crippen molar-refractivity contribution in [1.29, 1.82) is 0 Å². The summed E-state index contributed by atoms with van der Waals surface area (Å²) in [5.41, 5.74) is 5.59. The zero-order valence-electron chi connectivity index (χ0n) is 7.71. The molecule has 3 N–H and O–H groups in total. The Morgan fingerprint density at radius 3 is 2.93 bits per heavy atom. The number of hydrogen-bond acceptors (Lipinski definition) is 3. The van der Waals surface area contributed by atoms with Crippen molar-refractivity contribution in [2.24, 2.45) is 5.84 Å². The van der Waals surface area contributed by atoms with Crippen molar-refractivity contribution in [3.63, 3.8) is 0 Å². The first-order valence-electron chi connectivity index (χ1n) is 4.25. The lowest BCUT2D eigenvalue weighted by molar-refractivity contribution is 1.23. The van der Waals surface area contributed by atoms with Crippen molar-refractivity contribution in [1.82, 2.24) is 4.98 Å². The lowest BCUT2D eigenvalue weighted by Crippen LogP contribution is -2.08. The first-order valence-corrected chi connectivity index (χ1v) is 5.32. The minimum atomic E-state index is 0.922. The number of anilines is 1. The SMILES string of the molecule is Cc1cc(NN)c2cccc(I)c2n1. The number of fused-ring (bicyclic) bond motifs is 1. The highest BCUT2D eigenvalue weighted by Gasteiger charge is 2.04. The van der Waals surface area contributed by atoms with Crippen molar-refractivity contribution in [3.05, 3.63) is 33.5 Å². The number of nitrogens with zero attached hydrogens (tertiary/aromatic N) is 1. The van der Waals surface area contributed by atoms with Crippen molar-refractivity contribution in [2.45, 2.75) is 6.92 Å². The lowest BCUT2D eigenvalue weighted by atomic mass is 10.1. The van der Waals surface area contributed by atoms with Crippen LogP contribution in [0.2, 0.25) is 0 Å². The van der Waals surface area contributed by atoms with Gasteiger partial charge in [-0.05, 0) is 41.6 Å². The molecule has 0 saturated carbocycles. The Balaban J connectivity index is 2.87. The van der Waals surface area contributed by atoms with Gasteiger partial charge in [0.15, 0.2) is 0 Å². The van der Waals surface area contributed by atoms with Crippen LogP contribution >= 0.6 is 22.6 Å². The maximum absolute atomic E-state index is 5.45. The standard InChI is InChI=1S/C10H10IN3/c1-6-5-9(14-12)7-3-2-4-8(11)10(7)13-6/h2-5H,12H2,1H3,(H,13,14). The van der Waals surface area contributed by atoms with Gasteiger partial charge in [-0.15, -0.1) is 0 Å². The van der Waals surface area contributed by atoms with Gasteiger partial charge in [0.2, 0.25) is 0 Å². The highest BCUT2D eigenvalue weighted by molar-refractivity contribution is 14.1. The maximum atomic E-state index is 5.45. The third kappa shape index (κ3) is 1.55. The number of para-hydroxylation sites is 1. The fraction of sp³-hybridized carbons (Fsp3) is 0.100. The molecule has 1 aromatic carbocycles. The van der Waals surface area contributed by atoms with Gasteiger partial charge in [-0.2, -0.15) is 0 Å². The molecule has 4 heteroatoms. The summed E-state index contributed by atoms with van der Waals surface area (Å²) in [6.45, 7) is 1.96. The van der Waals surface area contributed by atoms with E-state index in [1.54, 1.807) is 0 Å². The van der Waals surface area contributed by atoms with E-state index in [0.29, 0.717) is 0 Å². The Hall–Kier alpha value is -0.880. The lowest BCUT2D eigenvalue weighted by Gasteiger charge is -2.07. The molecular formula is C10H10IN3. The Morgan fingerprint density at radius 1 is 1.43 bits per heavy atom. The van der Waals surface area contributed by atoms with Gasteiger partial charge in [-0.1, -0.05) is 12.1 Å². The Kier molecular flexibility index (Phi) is 2.56. The van der Waals surface area contributed by atoms with E-state index in [9.17, 15) is 0 Å². The summed E-state index contributed by atoms with van der Waals surface area (Å²) < 4.78 is 1.14. The number of hydrogen-bond donors (Lipinski definition) is 2. The molecule has 1 heterocycles. The molecule has 0 atom stereocenters. The van der Waals surface area contributed by atoms with E-state index in [4.69, 9.17) is 5.84 Å². The van der Waals surface area contributed by atoms with Crippen molar-refractivity contribution in [3.8, 4) is 0 Å². The van der Waals surface area contributed by atoms with E-state index in [-0.39, 0.29) is 0 Å². The van der Waals surface area contributed by atoms with Gasteiger partial charge in [0.1, 0.15) is 0 Å². The van der Waals surface area contributed by atoms with Crippen molar-refractivity contribution in [2.75, 3.05) is 5.43 Å². The second-order valence-corrected chi connectivity index (χ2v) is 4.25. The molecule has 0 spiro atoms. The number of halogens is 1. The molecule has 2 rings (SSSR count). The van der Waals surface area contributed by atoms with E-state index in [1.165, 1.54) is 0 Å². The highest BCUT2D eigenvalue weighted by Crippen LogP contribution is 2.25. The van der Waals surface area contributed by atoms with E-state index < -0.39 is 0 Å². The van der Waals surface area contributed by atoms with Crippen molar-refractivity contribution < 1.29 is 0 Å². The monoisotopic (exact) mass is 299 g/mol. The summed E-state index contributed by atoms with van der Waals surface area (Å²) in [7, 11) is 0. The first-order chi connectivity index (χ1) is 6.72. The number of rotatable bonds is 1. The molecule has 0 aliphatic rings. The maximum Gasteiger partial charge on any atom is 0.0859 e. The van der Waals surface area contributed by atoms with Gasteiger partial charge in [0.05, 0.1) is 11.2 Å². The molecule has 72 valence electrons. The molecule has 2 aromatic rings. The van der Waals surface area contributed by atoms with Crippen LogP contribution < -0.4 is 11.3 Å². The predicted octanol–water partition coefficient (Wildman–Crippen LogP) is 2.43. The van der Waals surface area contributed by atoms with Crippen LogP contribution in [0.4, 0.5) is 5.69 Å². The fourth-order valence-electron chi connectivity index (χ4n) is 1.46. The first kappa shape index (κ1) is 9.67. The predicted molar refractivity (Wildman–Crippen MR) is 67.0 cm³/mol. The molecule has 0 amide bonds. The Labute approximate surface area is 95.8 Å². The van der Waals surface area contributed by atoms with E-state index in [2.05, 4.69) is 33.0 Å². The largest absolute Gasteiger partial charge is 0.323 e. The van der Waals surface area contributed by atoms with Crippen LogP contribution in [-0.4, -0.2) is 4.98 Å². The van der Waals surface area contributed by atoms with Crippen molar-refractivity contribution >= 4 is 39.2 Å². The van der Waals surface area contributed by atoms with Crippen LogP contribution in [0, 0.1) is 10.5 Å². The minimum Gasteiger partial charge on any atom is -0.323 e. The van der Waals surface area contributed by atoms with Gasteiger partial charge in [0.25, 0.3) is 0 Å². The number of nitrogens with one attached hydrogen (secondary N) is 1. The molecule has 1 aromatic heterocycles. The molecule has 3 nitrogen and oxygen atoms in total. The zero-order valence-corrected chi connectivity index (χ0v) is 9.87. The van der Waals surface area contributed by atoms with Gasteiger partial charge in [0, 0.05) is 14.7 Å². The summed E-state index contributed by atoms with van der Waals surface area (Å²) in [5.74, 6) is 5.45. The second kappa shape index (κ2) is 3.70. The van der Waals surface area contributed by atoms with Crippen LogP contribution in [0.1, 0.15) is 5.69 Å². The summed E-state index contributed by atoms with van der Waals surface area (Å²) in [6.07, 6.45) is 0. The van der Waals surface area contributed by atoms with Gasteiger partial charge in [-0.3, -0.25) is 10.8 Å².